The fourth-order valence-electron chi connectivity index (χ4n) is 3.04. The minimum Gasteiger partial charge on any atom is -0.355 e. The monoisotopic (exact) mass is 383 g/mol. The number of hydrogen-bond acceptors (Lipinski definition) is 2. The summed E-state index contributed by atoms with van der Waals surface area (Å²) < 4.78 is 0. The van der Waals surface area contributed by atoms with Crippen molar-refractivity contribution in [1.82, 2.24) is 10.2 Å². The predicted octanol–water partition coefficient (Wildman–Crippen LogP) is 4.69. The Kier molecular flexibility index (Phi) is 6.97. The van der Waals surface area contributed by atoms with Gasteiger partial charge in [0.25, 0.3) is 5.91 Å². The molecule has 0 aliphatic carbocycles. The van der Waals surface area contributed by atoms with Crippen LogP contribution in [0.3, 0.4) is 0 Å². The summed E-state index contributed by atoms with van der Waals surface area (Å²) in [6.07, 6.45) is 0. The Balaban J connectivity index is 2.09. The maximum absolute atomic E-state index is 12.0. The summed E-state index contributed by atoms with van der Waals surface area (Å²) in [5.41, 5.74) is 5.28. The summed E-state index contributed by atoms with van der Waals surface area (Å²) in [6.45, 7) is 8.60. The van der Waals surface area contributed by atoms with Crippen LogP contribution in [0.4, 0.5) is 5.69 Å². The van der Waals surface area contributed by atoms with E-state index in [9.17, 15) is 4.79 Å². The molecule has 27 heavy (non-hydrogen) atoms. The lowest BCUT2D eigenvalue weighted by Crippen LogP contribution is -2.35. The lowest BCUT2D eigenvalue weighted by molar-refractivity contribution is 0.0827. The molecule has 0 spiro atoms. The van der Waals surface area contributed by atoms with Crippen LogP contribution >= 0.6 is 12.2 Å². The molecule has 5 heteroatoms. The van der Waals surface area contributed by atoms with Crippen molar-refractivity contribution >= 4 is 28.9 Å². The van der Waals surface area contributed by atoms with Gasteiger partial charge in [-0.15, -0.1) is 0 Å². The molecule has 2 N–H and O–H groups in total. The molecule has 0 aliphatic rings. The lowest BCUT2D eigenvalue weighted by Gasteiger charge is -2.26. The van der Waals surface area contributed by atoms with Crippen LogP contribution in [0, 0.1) is 19.8 Å². The number of carbonyl (C=O) groups is 1. The van der Waals surface area contributed by atoms with Gasteiger partial charge in [-0.25, -0.2) is 0 Å². The van der Waals surface area contributed by atoms with Crippen LogP contribution in [-0.2, 0) is 0 Å². The Hall–Kier alpha value is -2.40. The first kappa shape index (κ1) is 20.9. The van der Waals surface area contributed by atoms with Crippen molar-refractivity contribution in [3.8, 4) is 0 Å². The van der Waals surface area contributed by atoms with Crippen LogP contribution in [-0.4, -0.2) is 30.0 Å². The van der Waals surface area contributed by atoms with E-state index >= 15 is 0 Å². The number of rotatable bonds is 5. The SMILES string of the molecule is Cc1ccc([C@H](NC(=S)Nc2ccc(C(=O)N(C)C)cc2)C(C)C)c(C)c1. The van der Waals surface area contributed by atoms with E-state index in [2.05, 4.69) is 56.5 Å². The molecule has 0 heterocycles. The van der Waals surface area contributed by atoms with Gasteiger partial charge in [0.2, 0.25) is 0 Å². The summed E-state index contributed by atoms with van der Waals surface area (Å²) >= 11 is 5.53. The number of carbonyl (C=O) groups excluding carboxylic acids is 1. The third-order valence-electron chi connectivity index (χ3n) is 4.51. The maximum Gasteiger partial charge on any atom is 0.253 e. The molecule has 1 atom stereocenters. The number of thiocarbonyl (C=S) groups is 1. The molecule has 1 amide bonds. The van der Waals surface area contributed by atoms with Crippen LogP contribution in [0.25, 0.3) is 0 Å². The molecule has 0 saturated carbocycles. The second kappa shape index (κ2) is 9.00. The highest BCUT2D eigenvalue weighted by Crippen LogP contribution is 2.25. The van der Waals surface area contributed by atoms with E-state index in [0.717, 1.165) is 5.69 Å². The molecule has 0 fully saturated rings. The van der Waals surface area contributed by atoms with E-state index in [1.54, 1.807) is 31.1 Å². The zero-order chi connectivity index (χ0) is 20.1. The molecule has 4 nitrogen and oxygen atoms in total. The maximum atomic E-state index is 12.0. The first-order valence-electron chi connectivity index (χ1n) is 9.15. The van der Waals surface area contributed by atoms with E-state index < -0.39 is 0 Å². The predicted molar refractivity (Wildman–Crippen MR) is 117 cm³/mol. The van der Waals surface area contributed by atoms with Crippen molar-refractivity contribution in [2.45, 2.75) is 33.7 Å². The fourth-order valence-corrected chi connectivity index (χ4v) is 3.29. The van der Waals surface area contributed by atoms with E-state index in [0.29, 0.717) is 16.6 Å². The van der Waals surface area contributed by atoms with Crippen molar-refractivity contribution in [3.05, 3.63) is 64.7 Å². The quantitative estimate of drug-likeness (QED) is 0.735. The standard InChI is InChI=1S/C22H29N3OS/c1-14(2)20(19-12-7-15(3)13-16(19)4)24-22(27)23-18-10-8-17(9-11-18)21(26)25(5)6/h7-14,20H,1-6H3,(H2,23,24,27)/t20-/m1/s1. The largest absolute Gasteiger partial charge is 0.355 e. The minimum absolute atomic E-state index is 0.0167. The van der Waals surface area contributed by atoms with Crippen LogP contribution in [0.1, 0.15) is 46.9 Å². The average molecular weight is 384 g/mol. The van der Waals surface area contributed by atoms with E-state index in [1.165, 1.54) is 16.7 Å². The Morgan fingerprint density at radius 1 is 1.04 bits per heavy atom. The Labute approximate surface area is 168 Å². The van der Waals surface area contributed by atoms with Gasteiger partial charge in [-0.1, -0.05) is 37.6 Å². The molecule has 0 unspecified atom stereocenters. The fraction of sp³-hybridized carbons (Fsp3) is 0.364. The van der Waals surface area contributed by atoms with Crippen molar-refractivity contribution in [2.75, 3.05) is 19.4 Å². The third-order valence-corrected chi connectivity index (χ3v) is 4.73. The topological polar surface area (TPSA) is 44.4 Å². The Bertz CT molecular complexity index is 813. The molecule has 144 valence electrons. The summed E-state index contributed by atoms with van der Waals surface area (Å²) in [4.78, 5) is 13.5. The van der Waals surface area contributed by atoms with E-state index in [4.69, 9.17) is 12.2 Å². The highest BCUT2D eigenvalue weighted by atomic mass is 32.1. The highest BCUT2D eigenvalue weighted by Gasteiger charge is 2.19. The molecular weight excluding hydrogens is 354 g/mol. The second-order valence-electron chi connectivity index (χ2n) is 7.46. The average Bonchev–Trinajstić information content (AvgIpc) is 2.60. The normalized spacial score (nSPS) is 11.8. The number of anilines is 1. The number of nitrogens with one attached hydrogen (secondary N) is 2. The number of benzene rings is 2. The van der Waals surface area contributed by atoms with Crippen LogP contribution in [0.5, 0.6) is 0 Å². The number of nitrogens with zero attached hydrogens (tertiary/aromatic N) is 1. The Morgan fingerprint density at radius 2 is 1.67 bits per heavy atom. The lowest BCUT2D eigenvalue weighted by atomic mass is 9.92. The summed E-state index contributed by atoms with van der Waals surface area (Å²) in [5.74, 6) is 0.364. The van der Waals surface area contributed by atoms with Crippen LogP contribution in [0.15, 0.2) is 42.5 Å². The van der Waals surface area contributed by atoms with Gasteiger partial charge in [0, 0.05) is 25.3 Å². The number of aryl methyl sites for hydroxylation is 2. The molecular formula is C22H29N3OS. The summed E-state index contributed by atoms with van der Waals surface area (Å²) in [7, 11) is 3.49. The summed E-state index contributed by atoms with van der Waals surface area (Å²) in [5, 5.41) is 7.23. The van der Waals surface area contributed by atoms with Crippen molar-refractivity contribution in [2.24, 2.45) is 5.92 Å². The second-order valence-corrected chi connectivity index (χ2v) is 7.87. The number of amides is 1. The smallest absolute Gasteiger partial charge is 0.253 e. The Morgan fingerprint density at radius 3 is 2.19 bits per heavy atom. The van der Waals surface area contributed by atoms with Gasteiger partial charge in [0.05, 0.1) is 6.04 Å². The van der Waals surface area contributed by atoms with Gasteiger partial charge in [0.1, 0.15) is 0 Å². The first-order valence-corrected chi connectivity index (χ1v) is 9.56. The molecule has 0 aromatic heterocycles. The zero-order valence-corrected chi connectivity index (χ0v) is 17.8. The van der Waals surface area contributed by atoms with Gasteiger partial charge in [-0.3, -0.25) is 4.79 Å². The van der Waals surface area contributed by atoms with Crippen molar-refractivity contribution < 1.29 is 4.79 Å². The summed E-state index contributed by atoms with van der Waals surface area (Å²) in [6, 6.07) is 14.0. The van der Waals surface area contributed by atoms with Gasteiger partial charge in [-0.05, 0) is 67.4 Å². The molecule has 2 aromatic rings. The van der Waals surface area contributed by atoms with Gasteiger partial charge in [-0.2, -0.15) is 0 Å². The third kappa shape index (κ3) is 5.54. The van der Waals surface area contributed by atoms with Gasteiger partial charge in [0.15, 0.2) is 5.11 Å². The van der Waals surface area contributed by atoms with E-state index in [1.807, 2.05) is 12.1 Å². The molecule has 0 aliphatic heterocycles. The number of hydrogen-bond donors (Lipinski definition) is 2. The highest BCUT2D eigenvalue weighted by molar-refractivity contribution is 7.80. The molecule has 0 radical (unpaired) electrons. The minimum atomic E-state index is -0.0167. The molecule has 2 rings (SSSR count). The molecule has 2 aromatic carbocycles. The van der Waals surface area contributed by atoms with Crippen molar-refractivity contribution in [3.63, 3.8) is 0 Å². The van der Waals surface area contributed by atoms with Crippen molar-refractivity contribution in [1.29, 1.82) is 0 Å². The van der Waals surface area contributed by atoms with Crippen LogP contribution in [0.2, 0.25) is 0 Å². The molecule has 0 saturated heterocycles. The van der Waals surface area contributed by atoms with Crippen LogP contribution < -0.4 is 10.6 Å². The van der Waals surface area contributed by atoms with E-state index in [-0.39, 0.29) is 11.9 Å². The van der Waals surface area contributed by atoms with Gasteiger partial charge < -0.3 is 15.5 Å². The zero-order valence-electron chi connectivity index (χ0n) is 17.0. The van der Waals surface area contributed by atoms with Gasteiger partial charge >= 0.3 is 0 Å². The molecule has 0 bridgehead atoms. The first-order chi connectivity index (χ1) is 12.7.